The van der Waals surface area contributed by atoms with Crippen LogP contribution in [0.25, 0.3) is 5.65 Å². The van der Waals surface area contributed by atoms with Crippen molar-refractivity contribution < 1.29 is 9.90 Å². The highest BCUT2D eigenvalue weighted by Crippen LogP contribution is 2.10. The first-order chi connectivity index (χ1) is 6.16. The molecule has 0 spiro atoms. The van der Waals surface area contributed by atoms with Gasteiger partial charge < -0.3 is 5.11 Å². The number of hydrogen-bond donors (Lipinski definition) is 1. The van der Waals surface area contributed by atoms with Crippen molar-refractivity contribution in [1.82, 2.24) is 14.6 Å². The van der Waals surface area contributed by atoms with Gasteiger partial charge in [-0.3, -0.25) is 0 Å². The summed E-state index contributed by atoms with van der Waals surface area (Å²) in [5.41, 5.74) is 0.520. The summed E-state index contributed by atoms with van der Waals surface area (Å²) in [5.74, 6) is -1.04. The van der Waals surface area contributed by atoms with Crippen molar-refractivity contribution in [2.24, 2.45) is 0 Å². The zero-order valence-corrected chi connectivity index (χ0v) is 7.89. The summed E-state index contributed by atoms with van der Waals surface area (Å²) in [6, 6.07) is 3.04. The molecule has 0 aromatic carbocycles. The van der Waals surface area contributed by atoms with Gasteiger partial charge in [0.15, 0.2) is 11.3 Å². The Morgan fingerprint density at radius 1 is 1.62 bits per heavy atom. The number of hydrogen-bond acceptors (Lipinski definition) is 3. The van der Waals surface area contributed by atoms with Gasteiger partial charge in [0.05, 0.1) is 0 Å². The monoisotopic (exact) mass is 241 g/mol. The summed E-state index contributed by atoms with van der Waals surface area (Å²) in [6.07, 6.45) is 1.55. The van der Waals surface area contributed by atoms with E-state index < -0.39 is 5.97 Å². The van der Waals surface area contributed by atoms with E-state index in [9.17, 15) is 4.79 Å². The lowest BCUT2D eigenvalue weighted by molar-refractivity contribution is 0.0690. The summed E-state index contributed by atoms with van der Waals surface area (Å²) >= 11 is 3.17. The van der Waals surface area contributed by atoms with Crippen LogP contribution in [0.15, 0.2) is 22.9 Å². The van der Waals surface area contributed by atoms with Gasteiger partial charge in [-0.25, -0.2) is 14.3 Å². The van der Waals surface area contributed by atoms with E-state index in [2.05, 4.69) is 26.0 Å². The van der Waals surface area contributed by atoms with Gasteiger partial charge in [-0.05, 0) is 22.0 Å². The van der Waals surface area contributed by atoms with Crippen molar-refractivity contribution in [3.8, 4) is 0 Å². The maximum Gasteiger partial charge on any atom is 0.354 e. The fourth-order valence-electron chi connectivity index (χ4n) is 0.970. The van der Waals surface area contributed by atoms with Crippen LogP contribution < -0.4 is 0 Å². The SMILES string of the molecule is O=C(O)c1ccn2nc(Br)cc2n1. The van der Waals surface area contributed by atoms with Crippen molar-refractivity contribution in [3.63, 3.8) is 0 Å². The fraction of sp³-hybridized carbons (Fsp3) is 0. The Morgan fingerprint density at radius 3 is 3.08 bits per heavy atom. The number of nitrogens with zero attached hydrogens (tertiary/aromatic N) is 3. The van der Waals surface area contributed by atoms with Crippen molar-refractivity contribution >= 4 is 27.5 Å². The average molecular weight is 242 g/mol. The number of halogens is 1. The van der Waals surface area contributed by atoms with Crippen LogP contribution in [0.3, 0.4) is 0 Å². The molecule has 2 heterocycles. The molecule has 13 heavy (non-hydrogen) atoms. The molecule has 0 saturated heterocycles. The lowest BCUT2D eigenvalue weighted by Crippen LogP contribution is -2.01. The molecule has 0 aliphatic carbocycles. The van der Waals surface area contributed by atoms with Gasteiger partial charge in [-0.15, -0.1) is 0 Å². The number of aromatic carboxylic acids is 1. The number of carboxylic acid groups (broad SMARTS) is 1. The topological polar surface area (TPSA) is 67.5 Å². The standard InChI is InChI=1S/C7H4BrN3O2/c8-5-3-6-9-4(7(12)13)1-2-11(6)10-5/h1-3H,(H,12,13). The Labute approximate surface area is 81.1 Å². The third-order valence-corrected chi connectivity index (χ3v) is 1.90. The molecule has 2 aromatic rings. The van der Waals surface area contributed by atoms with Crippen LogP contribution in [0.4, 0.5) is 0 Å². The molecule has 5 nitrogen and oxygen atoms in total. The molecule has 2 aromatic heterocycles. The van der Waals surface area contributed by atoms with Crippen LogP contribution in [-0.2, 0) is 0 Å². The minimum Gasteiger partial charge on any atom is -0.477 e. The van der Waals surface area contributed by atoms with Gasteiger partial charge in [0.25, 0.3) is 0 Å². The first-order valence-corrected chi connectivity index (χ1v) is 4.21. The maximum atomic E-state index is 10.5. The van der Waals surface area contributed by atoms with Gasteiger partial charge in [0.2, 0.25) is 0 Å². The zero-order valence-electron chi connectivity index (χ0n) is 6.31. The highest BCUT2D eigenvalue weighted by molar-refractivity contribution is 9.10. The first-order valence-electron chi connectivity index (χ1n) is 3.42. The molecule has 0 aliphatic rings. The van der Waals surface area contributed by atoms with Gasteiger partial charge in [0, 0.05) is 12.3 Å². The fourth-order valence-corrected chi connectivity index (χ4v) is 1.35. The van der Waals surface area contributed by atoms with Crippen LogP contribution in [0.2, 0.25) is 0 Å². The number of fused-ring (bicyclic) bond motifs is 1. The quantitative estimate of drug-likeness (QED) is 0.815. The van der Waals surface area contributed by atoms with Gasteiger partial charge >= 0.3 is 5.97 Å². The minimum absolute atomic E-state index is 0.0138. The van der Waals surface area contributed by atoms with E-state index in [1.807, 2.05) is 0 Å². The average Bonchev–Trinajstić information content (AvgIpc) is 2.42. The number of carboxylic acids is 1. The molecular formula is C7H4BrN3O2. The highest BCUT2D eigenvalue weighted by Gasteiger charge is 2.06. The zero-order chi connectivity index (χ0) is 9.42. The van der Waals surface area contributed by atoms with E-state index in [4.69, 9.17) is 5.11 Å². The van der Waals surface area contributed by atoms with Crippen LogP contribution in [0.1, 0.15) is 10.5 Å². The Bertz CT molecular complexity index is 480. The molecule has 0 bridgehead atoms. The van der Waals surface area contributed by atoms with Gasteiger partial charge in [-0.1, -0.05) is 0 Å². The third kappa shape index (κ3) is 1.40. The van der Waals surface area contributed by atoms with Gasteiger partial charge in [-0.2, -0.15) is 5.10 Å². The second-order valence-corrected chi connectivity index (χ2v) is 3.20. The molecule has 6 heteroatoms. The van der Waals surface area contributed by atoms with E-state index in [-0.39, 0.29) is 5.69 Å². The molecule has 0 atom stereocenters. The molecule has 1 N–H and O–H groups in total. The molecule has 0 fully saturated rings. The number of aromatic nitrogens is 3. The maximum absolute atomic E-state index is 10.5. The van der Waals surface area contributed by atoms with E-state index in [0.717, 1.165) is 0 Å². The highest BCUT2D eigenvalue weighted by atomic mass is 79.9. The molecule has 0 unspecified atom stereocenters. The molecule has 66 valence electrons. The molecular weight excluding hydrogens is 238 g/mol. The lowest BCUT2D eigenvalue weighted by Gasteiger charge is -1.93. The van der Waals surface area contributed by atoms with Crippen LogP contribution in [-0.4, -0.2) is 25.7 Å². The van der Waals surface area contributed by atoms with Crippen LogP contribution in [0, 0.1) is 0 Å². The van der Waals surface area contributed by atoms with Crippen LogP contribution >= 0.6 is 15.9 Å². The van der Waals surface area contributed by atoms with E-state index in [0.29, 0.717) is 10.3 Å². The number of carbonyl (C=O) groups is 1. The van der Waals surface area contributed by atoms with Gasteiger partial charge in [0.1, 0.15) is 4.60 Å². The minimum atomic E-state index is -1.04. The summed E-state index contributed by atoms with van der Waals surface area (Å²) in [7, 11) is 0. The predicted octanol–water partition coefficient (Wildman–Crippen LogP) is 1.19. The molecule has 0 radical (unpaired) electrons. The Balaban J connectivity index is 2.67. The Hall–Kier alpha value is -1.43. The Kier molecular flexibility index (Phi) is 1.77. The predicted molar refractivity (Wildman–Crippen MR) is 47.6 cm³/mol. The van der Waals surface area contributed by atoms with E-state index >= 15 is 0 Å². The van der Waals surface area contributed by atoms with E-state index in [1.165, 1.54) is 10.6 Å². The smallest absolute Gasteiger partial charge is 0.354 e. The summed E-state index contributed by atoms with van der Waals surface area (Å²) in [6.45, 7) is 0. The van der Waals surface area contributed by atoms with Crippen molar-refractivity contribution in [1.29, 1.82) is 0 Å². The van der Waals surface area contributed by atoms with Crippen LogP contribution in [0.5, 0.6) is 0 Å². The van der Waals surface area contributed by atoms with E-state index in [1.54, 1.807) is 12.3 Å². The summed E-state index contributed by atoms with van der Waals surface area (Å²) < 4.78 is 2.12. The Morgan fingerprint density at radius 2 is 2.38 bits per heavy atom. The lowest BCUT2D eigenvalue weighted by atomic mass is 10.4. The van der Waals surface area contributed by atoms with Crippen molar-refractivity contribution in [3.05, 3.63) is 28.6 Å². The molecule has 0 amide bonds. The molecule has 0 aliphatic heterocycles. The van der Waals surface area contributed by atoms with Crippen molar-refractivity contribution in [2.75, 3.05) is 0 Å². The first kappa shape index (κ1) is 8.18. The second-order valence-electron chi connectivity index (χ2n) is 2.39. The summed E-state index contributed by atoms with van der Waals surface area (Å²) in [4.78, 5) is 14.4. The molecule has 0 saturated carbocycles. The normalized spacial score (nSPS) is 10.5. The number of rotatable bonds is 1. The van der Waals surface area contributed by atoms with Crippen molar-refractivity contribution in [2.45, 2.75) is 0 Å². The third-order valence-electron chi connectivity index (χ3n) is 1.51. The molecule has 2 rings (SSSR count). The second kappa shape index (κ2) is 2.81. The largest absolute Gasteiger partial charge is 0.477 e. The summed E-state index contributed by atoms with van der Waals surface area (Å²) in [5, 5.41) is 12.6.